The average molecular weight is 281 g/mol. The lowest BCUT2D eigenvalue weighted by Gasteiger charge is -2.49. The number of nitrogens with one attached hydrogen (secondary N) is 1. The first-order valence-corrected chi connectivity index (χ1v) is 7.29. The summed E-state index contributed by atoms with van der Waals surface area (Å²) in [6.45, 7) is 8.43. The maximum Gasteiger partial charge on any atom is 0.159 e. The van der Waals surface area contributed by atoms with Gasteiger partial charge in [0.25, 0.3) is 0 Å². The number of hydrogen-bond acceptors (Lipinski definition) is 3. The molecular weight excluding hydrogens is 260 g/mol. The molecule has 0 bridgehead atoms. The third-order valence-electron chi connectivity index (χ3n) is 4.53. The van der Waals surface area contributed by atoms with Gasteiger partial charge in [-0.2, -0.15) is 0 Å². The van der Waals surface area contributed by atoms with E-state index in [0.717, 1.165) is 44.8 Å². The monoisotopic (exact) mass is 281 g/mol. The Morgan fingerprint density at radius 3 is 2.50 bits per heavy atom. The Bertz CT molecular complexity index is 468. The number of benzene rings is 1. The van der Waals surface area contributed by atoms with Crippen LogP contribution in [0.2, 0.25) is 0 Å². The van der Waals surface area contributed by atoms with Crippen LogP contribution in [0.5, 0.6) is 0 Å². The van der Waals surface area contributed by atoms with Crippen molar-refractivity contribution in [2.45, 2.75) is 19.0 Å². The van der Waals surface area contributed by atoms with Crippen LogP contribution >= 0.6 is 0 Å². The summed E-state index contributed by atoms with van der Waals surface area (Å²) >= 11 is 0. The predicted molar refractivity (Wildman–Crippen MR) is 74.6 cm³/mol. The first-order valence-electron chi connectivity index (χ1n) is 7.29. The minimum absolute atomic E-state index is 0.143. The van der Waals surface area contributed by atoms with E-state index in [1.54, 1.807) is 6.07 Å². The van der Waals surface area contributed by atoms with Gasteiger partial charge in [0.2, 0.25) is 0 Å². The molecule has 110 valence electrons. The molecule has 3 nitrogen and oxygen atoms in total. The van der Waals surface area contributed by atoms with E-state index in [4.69, 9.17) is 0 Å². The highest BCUT2D eigenvalue weighted by atomic mass is 19.2. The highest BCUT2D eigenvalue weighted by molar-refractivity contribution is 5.21. The lowest BCUT2D eigenvalue weighted by atomic mass is 9.99. The minimum Gasteiger partial charge on any atom is -0.314 e. The molecule has 2 fully saturated rings. The standard InChI is InChI=1S/C15H21F2N3/c1-11(12-2-3-14(16)15(17)8-12)20-9-13(10-20)19-6-4-18-5-7-19/h2-3,8,11,13,18H,4-7,9-10H2,1H3. The molecule has 2 heterocycles. The maximum atomic E-state index is 13.3. The van der Waals surface area contributed by atoms with Crippen molar-refractivity contribution in [1.82, 2.24) is 15.1 Å². The molecule has 2 aliphatic heterocycles. The van der Waals surface area contributed by atoms with Gasteiger partial charge in [0.15, 0.2) is 11.6 Å². The normalized spacial score (nSPS) is 23.6. The van der Waals surface area contributed by atoms with E-state index in [1.807, 2.05) is 0 Å². The fourth-order valence-corrected chi connectivity index (χ4v) is 3.07. The van der Waals surface area contributed by atoms with Gasteiger partial charge in [-0.05, 0) is 24.6 Å². The van der Waals surface area contributed by atoms with E-state index >= 15 is 0 Å². The molecular formula is C15H21F2N3. The number of piperazine rings is 1. The number of rotatable bonds is 3. The molecule has 0 aliphatic carbocycles. The molecule has 3 rings (SSSR count). The largest absolute Gasteiger partial charge is 0.314 e. The predicted octanol–water partition coefficient (Wildman–Crippen LogP) is 1.62. The van der Waals surface area contributed by atoms with E-state index in [0.29, 0.717) is 6.04 Å². The summed E-state index contributed by atoms with van der Waals surface area (Å²) < 4.78 is 26.2. The van der Waals surface area contributed by atoms with E-state index in [1.165, 1.54) is 12.1 Å². The van der Waals surface area contributed by atoms with Gasteiger partial charge in [-0.25, -0.2) is 8.78 Å². The zero-order valence-corrected chi connectivity index (χ0v) is 11.8. The minimum atomic E-state index is -0.775. The Morgan fingerprint density at radius 2 is 1.85 bits per heavy atom. The summed E-state index contributed by atoms with van der Waals surface area (Å²) in [7, 11) is 0. The van der Waals surface area contributed by atoms with Crippen molar-refractivity contribution in [3.63, 3.8) is 0 Å². The summed E-state index contributed by atoms with van der Waals surface area (Å²) in [5.74, 6) is -1.53. The molecule has 0 radical (unpaired) electrons. The molecule has 1 atom stereocenters. The second kappa shape index (κ2) is 5.76. The van der Waals surface area contributed by atoms with Crippen molar-refractivity contribution < 1.29 is 8.78 Å². The van der Waals surface area contributed by atoms with Crippen LogP contribution in [-0.4, -0.2) is 55.1 Å². The van der Waals surface area contributed by atoms with Gasteiger partial charge in [-0.15, -0.1) is 0 Å². The van der Waals surface area contributed by atoms with Crippen LogP contribution in [-0.2, 0) is 0 Å². The molecule has 1 N–H and O–H groups in total. The van der Waals surface area contributed by atoms with Crippen LogP contribution < -0.4 is 5.32 Å². The van der Waals surface area contributed by atoms with E-state index in [-0.39, 0.29) is 6.04 Å². The van der Waals surface area contributed by atoms with Gasteiger partial charge in [0, 0.05) is 51.4 Å². The molecule has 5 heteroatoms. The van der Waals surface area contributed by atoms with Crippen LogP contribution in [0.1, 0.15) is 18.5 Å². The molecule has 20 heavy (non-hydrogen) atoms. The van der Waals surface area contributed by atoms with E-state index in [2.05, 4.69) is 22.0 Å². The highest BCUT2D eigenvalue weighted by Gasteiger charge is 2.35. The highest BCUT2D eigenvalue weighted by Crippen LogP contribution is 2.28. The van der Waals surface area contributed by atoms with Gasteiger partial charge in [-0.1, -0.05) is 6.07 Å². The van der Waals surface area contributed by atoms with Crippen molar-refractivity contribution in [2.75, 3.05) is 39.3 Å². The maximum absolute atomic E-state index is 13.3. The summed E-state index contributed by atoms with van der Waals surface area (Å²) in [6.07, 6.45) is 0. The van der Waals surface area contributed by atoms with Gasteiger partial charge >= 0.3 is 0 Å². The summed E-state index contributed by atoms with van der Waals surface area (Å²) in [5, 5.41) is 3.36. The third-order valence-corrected chi connectivity index (χ3v) is 4.53. The van der Waals surface area contributed by atoms with Crippen LogP contribution in [0.4, 0.5) is 8.78 Å². The average Bonchev–Trinajstić information content (AvgIpc) is 2.41. The zero-order chi connectivity index (χ0) is 14.1. The quantitative estimate of drug-likeness (QED) is 0.908. The number of nitrogens with zero attached hydrogens (tertiary/aromatic N) is 2. The summed E-state index contributed by atoms with van der Waals surface area (Å²) in [4.78, 5) is 4.84. The van der Waals surface area contributed by atoms with Gasteiger partial charge < -0.3 is 5.32 Å². The van der Waals surface area contributed by atoms with Gasteiger partial charge in [0.05, 0.1) is 0 Å². The lowest BCUT2D eigenvalue weighted by molar-refractivity contribution is 0.00339. The van der Waals surface area contributed by atoms with Crippen LogP contribution in [0.25, 0.3) is 0 Å². The molecule has 0 amide bonds. The fraction of sp³-hybridized carbons (Fsp3) is 0.600. The van der Waals surface area contributed by atoms with Crippen molar-refractivity contribution >= 4 is 0 Å². The summed E-state index contributed by atoms with van der Waals surface area (Å²) in [5.41, 5.74) is 0.850. The molecule has 1 aromatic rings. The Kier molecular flexibility index (Phi) is 4.01. The van der Waals surface area contributed by atoms with Crippen LogP contribution in [0, 0.1) is 11.6 Å². The van der Waals surface area contributed by atoms with E-state index in [9.17, 15) is 8.78 Å². The molecule has 2 aliphatic rings. The molecule has 1 aromatic carbocycles. The Hall–Kier alpha value is -1.04. The van der Waals surface area contributed by atoms with E-state index < -0.39 is 11.6 Å². The zero-order valence-electron chi connectivity index (χ0n) is 11.8. The SMILES string of the molecule is CC(c1ccc(F)c(F)c1)N1CC(N2CCNCC2)C1. The second-order valence-electron chi connectivity index (χ2n) is 5.74. The number of hydrogen-bond donors (Lipinski definition) is 1. The Labute approximate surface area is 118 Å². The van der Waals surface area contributed by atoms with Crippen LogP contribution in [0.3, 0.4) is 0 Å². The molecule has 0 aromatic heterocycles. The lowest BCUT2D eigenvalue weighted by Crippen LogP contribution is -2.62. The van der Waals surface area contributed by atoms with Crippen molar-refractivity contribution in [1.29, 1.82) is 0 Å². The van der Waals surface area contributed by atoms with Crippen molar-refractivity contribution in [2.24, 2.45) is 0 Å². The fourth-order valence-electron chi connectivity index (χ4n) is 3.07. The Morgan fingerprint density at radius 1 is 1.15 bits per heavy atom. The third kappa shape index (κ3) is 2.71. The summed E-state index contributed by atoms with van der Waals surface area (Å²) in [6, 6.07) is 4.97. The second-order valence-corrected chi connectivity index (χ2v) is 5.74. The molecule has 0 spiro atoms. The first-order chi connectivity index (χ1) is 9.65. The topological polar surface area (TPSA) is 18.5 Å². The molecule has 2 saturated heterocycles. The smallest absolute Gasteiger partial charge is 0.159 e. The van der Waals surface area contributed by atoms with Crippen molar-refractivity contribution in [3.8, 4) is 0 Å². The number of halogens is 2. The molecule has 0 saturated carbocycles. The molecule has 1 unspecified atom stereocenters. The Balaban J connectivity index is 1.57. The van der Waals surface area contributed by atoms with Gasteiger partial charge in [-0.3, -0.25) is 9.80 Å². The van der Waals surface area contributed by atoms with Gasteiger partial charge in [0.1, 0.15) is 0 Å². The van der Waals surface area contributed by atoms with Crippen LogP contribution in [0.15, 0.2) is 18.2 Å². The number of likely N-dealkylation sites (tertiary alicyclic amines) is 1. The first kappa shape index (κ1) is 13.9. The van der Waals surface area contributed by atoms with Crippen molar-refractivity contribution in [3.05, 3.63) is 35.4 Å².